The van der Waals surface area contributed by atoms with Gasteiger partial charge in [-0.2, -0.15) is 0 Å². The van der Waals surface area contributed by atoms with Crippen molar-refractivity contribution >= 4 is 17.5 Å². The van der Waals surface area contributed by atoms with Crippen molar-refractivity contribution in [3.63, 3.8) is 0 Å². The summed E-state index contributed by atoms with van der Waals surface area (Å²) < 4.78 is 0. The van der Waals surface area contributed by atoms with Gasteiger partial charge < -0.3 is 10.6 Å². The number of para-hydroxylation sites is 1. The lowest BCUT2D eigenvalue weighted by atomic mass is 9.87. The van der Waals surface area contributed by atoms with Crippen LogP contribution in [0, 0.1) is 19.8 Å². The Hall–Kier alpha value is -1.92. The Morgan fingerprint density at radius 1 is 0.897 bits per heavy atom. The van der Waals surface area contributed by atoms with Gasteiger partial charge in [-0.3, -0.25) is 19.4 Å². The SMILES string of the molecule is Cc1cccc(C)c1NC(=O)CN1CCN(CC(=O)NC2CCC(C)CC2)CC1. The van der Waals surface area contributed by atoms with Crippen LogP contribution >= 0.6 is 0 Å². The molecule has 2 amide bonds. The lowest BCUT2D eigenvalue weighted by Crippen LogP contribution is -2.52. The summed E-state index contributed by atoms with van der Waals surface area (Å²) in [5.41, 5.74) is 3.09. The lowest BCUT2D eigenvalue weighted by molar-refractivity contribution is -0.124. The third-order valence-corrected chi connectivity index (χ3v) is 6.33. The van der Waals surface area contributed by atoms with Gasteiger partial charge in [0.15, 0.2) is 0 Å². The number of aryl methyl sites for hydroxylation is 2. The molecule has 0 radical (unpaired) electrons. The Kier molecular flexibility index (Phi) is 7.67. The van der Waals surface area contributed by atoms with Gasteiger partial charge in [0, 0.05) is 37.9 Å². The van der Waals surface area contributed by atoms with Crippen molar-refractivity contribution in [2.45, 2.75) is 52.5 Å². The number of benzene rings is 1. The predicted molar refractivity (Wildman–Crippen MR) is 117 cm³/mol. The standard InChI is InChI=1S/C23H36N4O2/c1-17-7-9-20(10-8-17)24-21(28)15-26-11-13-27(14-12-26)16-22(29)25-23-18(2)5-4-6-19(23)3/h4-6,17,20H,7-16H2,1-3H3,(H,24,28)(H,25,29). The first-order chi connectivity index (χ1) is 13.9. The van der Waals surface area contributed by atoms with Gasteiger partial charge >= 0.3 is 0 Å². The molecule has 2 N–H and O–H groups in total. The monoisotopic (exact) mass is 400 g/mol. The molecule has 2 aliphatic rings. The zero-order chi connectivity index (χ0) is 20.8. The minimum atomic E-state index is 0.0279. The largest absolute Gasteiger partial charge is 0.352 e. The Bertz CT molecular complexity index is 685. The molecule has 1 aromatic carbocycles. The maximum absolute atomic E-state index is 12.5. The van der Waals surface area contributed by atoms with E-state index >= 15 is 0 Å². The molecule has 1 heterocycles. The zero-order valence-electron chi connectivity index (χ0n) is 18.2. The van der Waals surface area contributed by atoms with E-state index in [0.29, 0.717) is 19.1 Å². The number of piperazine rings is 1. The van der Waals surface area contributed by atoms with E-state index in [0.717, 1.165) is 61.8 Å². The molecule has 2 fully saturated rings. The van der Waals surface area contributed by atoms with Crippen molar-refractivity contribution < 1.29 is 9.59 Å². The van der Waals surface area contributed by atoms with Crippen molar-refractivity contribution in [2.75, 3.05) is 44.6 Å². The number of rotatable bonds is 6. The Labute approximate surface area is 175 Å². The summed E-state index contributed by atoms with van der Waals surface area (Å²) in [7, 11) is 0. The highest BCUT2D eigenvalue weighted by molar-refractivity contribution is 5.93. The summed E-state index contributed by atoms with van der Waals surface area (Å²) in [6.07, 6.45) is 4.65. The average Bonchev–Trinajstić information content (AvgIpc) is 2.68. The molecule has 1 saturated heterocycles. The molecule has 1 aliphatic carbocycles. The highest BCUT2D eigenvalue weighted by Gasteiger charge is 2.23. The summed E-state index contributed by atoms with van der Waals surface area (Å²) in [6, 6.07) is 6.39. The summed E-state index contributed by atoms with van der Waals surface area (Å²) >= 11 is 0. The molecule has 29 heavy (non-hydrogen) atoms. The van der Waals surface area contributed by atoms with Crippen molar-refractivity contribution in [1.82, 2.24) is 15.1 Å². The van der Waals surface area contributed by atoms with E-state index in [1.54, 1.807) is 0 Å². The van der Waals surface area contributed by atoms with Gasteiger partial charge in [-0.15, -0.1) is 0 Å². The van der Waals surface area contributed by atoms with E-state index in [4.69, 9.17) is 0 Å². The summed E-state index contributed by atoms with van der Waals surface area (Å²) in [5.74, 6) is 0.967. The van der Waals surface area contributed by atoms with Crippen molar-refractivity contribution in [3.05, 3.63) is 29.3 Å². The zero-order valence-corrected chi connectivity index (χ0v) is 18.2. The molecule has 6 nitrogen and oxygen atoms in total. The van der Waals surface area contributed by atoms with Gasteiger partial charge in [-0.1, -0.05) is 25.1 Å². The van der Waals surface area contributed by atoms with Crippen LogP contribution < -0.4 is 10.6 Å². The van der Waals surface area contributed by atoms with Crippen LogP contribution in [0.25, 0.3) is 0 Å². The number of amides is 2. The molecule has 3 rings (SSSR count). The van der Waals surface area contributed by atoms with E-state index in [9.17, 15) is 9.59 Å². The number of nitrogens with one attached hydrogen (secondary N) is 2. The smallest absolute Gasteiger partial charge is 0.238 e. The second-order valence-electron chi connectivity index (χ2n) is 8.89. The van der Waals surface area contributed by atoms with Crippen molar-refractivity contribution in [3.8, 4) is 0 Å². The summed E-state index contributed by atoms with van der Waals surface area (Å²) in [5, 5.41) is 6.27. The van der Waals surface area contributed by atoms with Gasteiger partial charge in [-0.25, -0.2) is 0 Å². The maximum Gasteiger partial charge on any atom is 0.238 e. The van der Waals surface area contributed by atoms with Crippen LogP contribution in [0.1, 0.15) is 43.7 Å². The summed E-state index contributed by atoms with van der Waals surface area (Å²) in [6.45, 7) is 10.5. The van der Waals surface area contributed by atoms with Crippen LogP contribution in [0.5, 0.6) is 0 Å². The molecule has 6 heteroatoms. The van der Waals surface area contributed by atoms with E-state index in [1.807, 2.05) is 32.0 Å². The number of nitrogens with zero attached hydrogens (tertiary/aromatic N) is 2. The molecule has 0 atom stereocenters. The second-order valence-corrected chi connectivity index (χ2v) is 8.89. The molecule has 0 bridgehead atoms. The molecular weight excluding hydrogens is 364 g/mol. The molecule has 0 unspecified atom stereocenters. The van der Waals surface area contributed by atoms with Crippen LogP contribution in [0.3, 0.4) is 0 Å². The molecule has 0 spiro atoms. The number of hydrogen-bond donors (Lipinski definition) is 2. The Morgan fingerprint density at radius 2 is 1.41 bits per heavy atom. The van der Waals surface area contributed by atoms with Crippen LogP contribution in [-0.2, 0) is 9.59 Å². The molecule has 160 valence electrons. The normalized spacial score (nSPS) is 23.6. The Morgan fingerprint density at radius 3 is 1.97 bits per heavy atom. The minimum absolute atomic E-state index is 0.0279. The number of carbonyl (C=O) groups is 2. The fourth-order valence-corrected chi connectivity index (χ4v) is 4.38. The van der Waals surface area contributed by atoms with Crippen molar-refractivity contribution in [2.24, 2.45) is 5.92 Å². The minimum Gasteiger partial charge on any atom is -0.352 e. The number of carbonyl (C=O) groups excluding carboxylic acids is 2. The number of hydrogen-bond acceptors (Lipinski definition) is 4. The van der Waals surface area contributed by atoms with Crippen LogP contribution in [0.4, 0.5) is 5.69 Å². The fourth-order valence-electron chi connectivity index (χ4n) is 4.38. The first kappa shape index (κ1) is 21.8. The lowest BCUT2D eigenvalue weighted by Gasteiger charge is -2.34. The maximum atomic E-state index is 12.5. The highest BCUT2D eigenvalue weighted by Crippen LogP contribution is 2.23. The topological polar surface area (TPSA) is 64.7 Å². The quantitative estimate of drug-likeness (QED) is 0.770. The molecular formula is C23H36N4O2. The van der Waals surface area contributed by atoms with E-state index in [-0.39, 0.29) is 11.8 Å². The van der Waals surface area contributed by atoms with Gasteiger partial charge in [0.05, 0.1) is 13.1 Å². The Balaban J connectivity index is 1.36. The van der Waals surface area contributed by atoms with Gasteiger partial charge in [0.2, 0.25) is 11.8 Å². The third-order valence-electron chi connectivity index (χ3n) is 6.33. The van der Waals surface area contributed by atoms with Crippen LogP contribution in [-0.4, -0.2) is 66.9 Å². The fraction of sp³-hybridized carbons (Fsp3) is 0.652. The van der Waals surface area contributed by atoms with Gasteiger partial charge in [0.25, 0.3) is 0 Å². The van der Waals surface area contributed by atoms with E-state index in [2.05, 4.69) is 27.4 Å². The number of anilines is 1. The van der Waals surface area contributed by atoms with Crippen LogP contribution in [0.15, 0.2) is 18.2 Å². The molecule has 1 saturated carbocycles. The molecule has 0 aromatic heterocycles. The van der Waals surface area contributed by atoms with E-state index < -0.39 is 0 Å². The third kappa shape index (κ3) is 6.54. The average molecular weight is 401 g/mol. The van der Waals surface area contributed by atoms with Crippen molar-refractivity contribution in [1.29, 1.82) is 0 Å². The first-order valence-electron chi connectivity index (χ1n) is 11.0. The predicted octanol–water partition coefficient (Wildman–Crippen LogP) is 2.55. The van der Waals surface area contributed by atoms with Crippen LogP contribution in [0.2, 0.25) is 0 Å². The molecule has 1 aromatic rings. The van der Waals surface area contributed by atoms with Gasteiger partial charge in [0.1, 0.15) is 0 Å². The molecule has 1 aliphatic heterocycles. The van der Waals surface area contributed by atoms with Gasteiger partial charge in [-0.05, 0) is 56.6 Å². The second kappa shape index (κ2) is 10.2. The summed E-state index contributed by atoms with van der Waals surface area (Å²) in [4.78, 5) is 29.2. The first-order valence-corrected chi connectivity index (χ1v) is 11.0. The highest BCUT2D eigenvalue weighted by atomic mass is 16.2. The van der Waals surface area contributed by atoms with E-state index in [1.165, 1.54) is 12.8 Å².